The van der Waals surface area contributed by atoms with Gasteiger partial charge in [-0.1, -0.05) is 5.92 Å². The Hall–Kier alpha value is -4.71. The highest BCUT2D eigenvalue weighted by Crippen LogP contribution is 2.30. The molecule has 0 aliphatic heterocycles. The Morgan fingerprint density at radius 2 is 1.94 bits per heavy atom. The van der Waals surface area contributed by atoms with Crippen molar-refractivity contribution in [2.75, 3.05) is 17.3 Å². The van der Waals surface area contributed by atoms with Gasteiger partial charge in [0.15, 0.2) is 0 Å². The number of nitrogens with one attached hydrogen (secondary N) is 1. The molecular formula is C25H22N6O3. The first-order valence-corrected chi connectivity index (χ1v) is 10.4. The van der Waals surface area contributed by atoms with E-state index in [1.165, 1.54) is 28.2 Å². The Labute approximate surface area is 196 Å². The number of ether oxygens (including phenoxy) is 1. The number of anilines is 3. The van der Waals surface area contributed by atoms with Gasteiger partial charge in [-0.05, 0) is 61.7 Å². The third-order valence-corrected chi connectivity index (χ3v) is 5.15. The predicted molar refractivity (Wildman–Crippen MR) is 130 cm³/mol. The molecule has 0 aliphatic carbocycles. The van der Waals surface area contributed by atoms with E-state index in [1.54, 1.807) is 27.1 Å². The number of carbonyl (C=O) groups is 1. The Morgan fingerprint density at radius 1 is 1.12 bits per heavy atom. The minimum absolute atomic E-state index is 0.204. The molecular weight excluding hydrogens is 432 g/mol. The van der Waals surface area contributed by atoms with Crippen LogP contribution in [0.4, 0.5) is 17.2 Å². The van der Waals surface area contributed by atoms with Gasteiger partial charge in [0.2, 0.25) is 5.88 Å². The van der Waals surface area contributed by atoms with Crippen molar-refractivity contribution in [2.24, 2.45) is 7.05 Å². The van der Waals surface area contributed by atoms with Crippen molar-refractivity contribution >= 4 is 34.0 Å². The van der Waals surface area contributed by atoms with Crippen molar-refractivity contribution in [1.29, 1.82) is 0 Å². The maximum absolute atomic E-state index is 12.2. The second kappa shape index (κ2) is 9.42. The normalized spacial score (nSPS) is 10.4. The predicted octanol–water partition coefficient (Wildman–Crippen LogP) is 3.55. The lowest BCUT2D eigenvalue weighted by Crippen LogP contribution is -2.24. The summed E-state index contributed by atoms with van der Waals surface area (Å²) < 4.78 is 7.15. The SMILES string of the molecule is CC#CC(=O)N(C)c1ccc2ncnc(Nc3ccc(Oc4cc(=O)n(C)cn4)c(C)c3)c2c1. The van der Waals surface area contributed by atoms with Crippen LogP contribution in [0.2, 0.25) is 0 Å². The number of carbonyl (C=O) groups excluding carboxylic acids is 1. The molecule has 0 unspecified atom stereocenters. The van der Waals surface area contributed by atoms with E-state index in [9.17, 15) is 9.59 Å². The van der Waals surface area contributed by atoms with E-state index in [1.807, 2.05) is 37.3 Å². The number of benzene rings is 2. The van der Waals surface area contributed by atoms with Crippen molar-refractivity contribution in [1.82, 2.24) is 19.5 Å². The van der Waals surface area contributed by atoms with Gasteiger partial charge in [-0.15, -0.1) is 0 Å². The molecule has 9 heteroatoms. The van der Waals surface area contributed by atoms with Crippen LogP contribution in [0.3, 0.4) is 0 Å². The van der Waals surface area contributed by atoms with Gasteiger partial charge in [0.05, 0.1) is 11.6 Å². The van der Waals surface area contributed by atoms with Crippen LogP contribution < -0.4 is 20.5 Å². The van der Waals surface area contributed by atoms with Crippen molar-refractivity contribution in [3.8, 4) is 23.5 Å². The fraction of sp³-hybridized carbons (Fsp3) is 0.160. The van der Waals surface area contributed by atoms with E-state index in [-0.39, 0.29) is 17.3 Å². The van der Waals surface area contributed by atoms with Crippen LogP contribution in [0.5, 0.6) is 11.6 Å². The number of amides is 1. The first-order valence-electron chi connectivity index (χ1n) is 10.4. The van der Waals surface area contributed by atoms with Gasteiger partial charge in [0.25, 0.3) is 5.56 Å². The first kappa shape index (κ1) is 22.5. The molecule has 0 spiro atoms. The van der Waals surface area contributed by atoms with E-state index in [4.69, 9.17) is 4.74 Å². The summed E-state index contributed by atoms with van der Waals surface area (Å²) in [5.74, 6) is 6.26. The highest BCUT2D eigenvalue weighted by molar-refractivity contribution is 6.06. The summed E-state index contributed by atoms with van der Waals surface area (Å²) in [6.07, 6.45) is 2.89. The molecule has 2 aromatic heterocycles. The molecule has 1 amide bonds. The number of aryl methyl sites for hydroxylation is 2. The molecule has 0 bridgehead atoms. The maximum atomic E-state index is 12.2. The number of nitrogens with zero attached hydrogens (tertiary/aromatic N) is 5. The number of aromatic nitrogens is 4. The summed E-state index contributed by atoms with van der Waals surface area (Å²) in [4.78, 5) is 38.3. The van der Waals surface area contributed by atoms with Gasteiger partial charge in [-0.3, -0.25) is 9.59 Å². The molecule has 4 rings (SSSR count). The van der Waals surface area contributed by atoms with Crippen LogP contribution in [-0.2, 0) is 11.8 Å². The monoisotopic (exact) mass is 454 g/mol. The van der Waals surface area contributed by atoms with Gasteiger partial charge < -0.3 is 19.5 Å². The quantitative estimate of drug-likeness (QED) is 0.460. The lowest BCUT2D eigenvalue weighted by Gasteiger charge is -2.16. The molecule has 1 N–H and O–H groups in total. The highest BCUT2D eigenvalue weighted by Gasteiger charge is 2.12. The standard InChI is InChI=1S/C25H22N6O3/c1-5-6-23(32)31(4)18-8-9-20-19(12-18)25(27-14-26-20)29-17-7-10-21(16(2)11-17)34-22-13-24(33)30(3)15-28-22/h7-15H,1-4H3,(H,26,27,29). The van der Waals surface area contributed by atoms with Gasteiger partial charge in [-0.2, -0.15) is 0 Å². The zero-order valence-corrected chi connectivity index (χ0v) is 19.2. The third kappa shape index (κ3) is 4.71. The molecule has 0 atom stereocenters. The minimum Gasteiger partial charge on any atom is -0.438 e. The summed E-state index contributed by atoms with van der Waals surface area (Å²) >= 11 is 0. The summed E-state index contributed by atoms with van der Waals surface area (Å²) in [6, 6.07) is 12.4. The Kier molecular flexibility index (Phi) is 6.23. The second-order valence-electron chi connectivity index (χ2n) is 7.55. The lowest BCUT2D eigenvalue weighted by atomic mass is 10.1. The summed E-state index contributed by atoms with van der Waals surface area (Å²) in [5, 5.41) is 4.06. The zero-order valence-electron chi connectivity index (χ0n) is 19.2. The van der Waals surface area contributed by atoms with Crippen LogP contribution in [0, 0.1) is 18.8 Å². The number of fused-ring (bicyclic) bond motifs is 1. The largest absolute Gasteiger partial charge is 0.438 e. The Bertz CT molecular complexity index is 1520. The zero-order chi connectivity index (χ0) is 24.2. The minimum atomic E-state index is -0.301. The molecule has 0 fully saturated rings. The summed E-state index contributed by atoms with van der Waals surface area (Å²) in [5.41, 5.74) is 2.84. The molecule has 9 nitrogen and oxygen atoms in total. The molecule has 170 valence electrons. The average molecular weight is 454 g/mol. The van der Waals surface area contributed by atoms with Crippen LogP contribution in [0.25, 0.3) is 10.9 Å². The van der Waals surface area contributed by atoms with Gasteiger partial charge >= 0.3 is 5.91 Å². The van der Waals surface area contributed by atoms with Gasteiger partial charge in [0.1, 0.15) is 24.2 Å². The fourth-order valence-corrected chi connectivity index (χ4v) is 3.25. The topological polar surface area (TPSA) is 102 Å². The first-order chi connectivity index (χ1) is 16.4. The van der Waals surface area contributed by atoms with E-state index < -0.39 is 0 Å². The lowest BCUT2D eigenvalue weighted by molar-refractivity contribution is -0.113. The van der Waals surface area contributed by atoms with Crippen molar-refractivity contribution in [3.05, 3.63) is 71.0 Å². The number of hydrogen-bond acceptors (Lipinski definition) is 7. The molecule has 2 aromatic carbocycles. The van der Waals surface area contributed by atoms with Gasteiger partial charge in [-0.25, -0.2) is 15.0 Å². The summed E-state index contributed by atoms with van der Waals surface area (Å²) in [7, 11) is 3.30. The molecule has 0 aliphatic rings. The van der Waals surface area contributed by atoms with Gasteiger partial charge in [0, 0.05) is 30.9 Å². The number of hydrogen-bond donors (Lipinski definition) is 1. The molecule has 34 heavy (non-hydrogen) atoms. The van der Waals surface area contributed by atoms with E-state index in [2.05, 4.69) is 32.1 Å². The smallest absolute Gasteiger partial charge is 0.302 e. The second-order valence-corrected chi connectivity index (χ2v) is 7.55. The number of rotatable bonds is 5. The van der Waals surface area contributed by atoms with Crippen LogP contribution in [0.1, 0.15) is 12.5 Å². The van der Waals surface area contributed by atoms with E-state index in [0.29, 0.717) is 17.3 Å². The summed E-state index contributed by atoms with van der Waals surface area (Å²) in [6.45, 7) is 3.52. The van der Waals surface area contributed by atoms with Crippen molar-refractivity contribution in [2.45, 2.75) is 13.8 Å². The maximum Gasteiger partial charge on any atom is 0.302 e. The fourth-order valence-electron chi connectivity index (χ4n) is 3.25. The van der Waals surface area contributed by atoms with Crippen molar-refractivity contribution in [3.63, 3.8) is 0 Å². The van der Waals surface area contributed by atoms with Crippen LogP contribution in [0.15, 0.2) is 59.9 Å². The highest BCUT2D eigenvalue weighted by atomic mass is 16.5. The van der Waals surface area contributed by atoms with Crippen molar-refractivity contribution < 1.29 is 9.53 Å². The molecule has 4 aromatic rings. The van der Waals surface area contributed by atoms with Crippen LogP contribution >= 0.6 is 0 Å². The molecule has 0 radical (unpaired) electrons. The Morgan fingerprint density at radius 3 is 2.68 bits per heavy atom. The van der Waals surface area contributed by atoms with E-state index in [0.717, 1.165) is 22.2 Å². The molecule has 2 heterocycles. The van der Waals surface area contributed by atoms with E-state index >= 15 is 0 Å². The molecule has 0 saturated heterocycles. The third-order valence-electron chi connectivity index (χ3n) is 5.15. The average Bonchev–Trinajstić information content (AvgIpc) is 2.83. The molecule has 0 saturated carbocycles. The van der Waals surface area contributed by atoms with Crippen LogP contribution in [-0.4, -0.2) is 32.5 Å². The Balaban J connectivity index is 1.61.